The maximum Gasteiger partial charge on any atom is 0.408 e. The van der Waals surface area contributed by atoms with Crippen molar-refractivity contribution in [1.82, 2.24) is 5.32 Å². The number of ether oxygens (including phenoxy) is 6. The Balaban J connectivity index is 1.50. The highest BCUT2D eigenvalue weighted by molar-refractivity contribution is 5.92. The number of aliphatic hydroxyl groups excluding tert-OH is 1. The summed E-state index contributed by atoms with van der Waals surface area (Å²) in [6.45, 7) is 14.7. The second-order valence-electron chi connectivity index (χ2n) is 18.1. The molecule has 59 heavy (non-hydrogen) atoms. The number of benzene rings is 2. The molecule has 1 unspecified atom stereocenters. The van der Waals surface area contributed by atoms with Gasteiger partial charge in [-0.25, -0.2) is 14.4 Å². The molecule has 0 spiro atoms. The van der Waals surface area contributed by atoms with Crippen LogP contribution in [0.1, 0.15) is 97.1 Å². The fourth-order valence-electron chi connectivity index (χ4n) is 10.4. The van der Waals surface area contributed by atoms with Crippen molar-refractivity contribution < 1.29 is 62.6 Å². The minimum atomic E-state index is -2.14. The number of aliphatic hydroxyl groups is 2. The molecule has 1 amide bonds. The quantitative estimate of drug-likeness (QED) is 0.170. The first-order chi connectivity index (χ1) is 27.5. The Morgan fingerprint density at radius 1 is 0.966 bits per heavy atom. The molecule has 4 aliphatic rings. The first-order valence-electron chi connectivity index (χ1n) is 20.0. The number of hydrogen-bond acceptors (Lipinski definition) is 13. The van der Waals surface area contributed by atoms with Gasteiger partial charge in [0.15, 0.2) is 11.7 Å². The summed E-state index contributed by atoms with van der Waals surface area (Å²) in [5, 5.41) is 27.9. The van der Waals surface area contributed by atoms with Gasteiger partial charge in [0.05, 0.1) is 35.6 Å². The largest absolute Gasteiger partial charge is 0.456 e. The number of carbonyl (C=O) groups is 5. The van der Waals surface area contributed by atoms with E-state index in [2.05, 4.69) is 5.32 Å². The van der Waals surface area contributed by atoms with Gasteiger partial charge < -0.3 is 44.0 Å². The summed E-state index contributed by atoms with van der Waals surface area (Å²) in [6, 6.07) is 15.2. The van der Waals surface area contributed by atoms with Gasteiger partial charge in [0, 0.05) is 38.2 Å². The molecule has 3 aliphatic carbocycles. The van der Waals surface area contributed by atoms with Crippen LogP contribution in [0.25, 0.3) is 0 Å². The molecule has 320 valence electrons. The van der Waals surface area contributed by atoms with Gasteiger partial charge in [0.25, 0.3) is 0 Å². The van der Waals surface area contributed by atoms with Crippen LogP contribution in [0, 0.1) is 22.7 Å². The van der Waals surface area contributed by atoms with E-state index >= 15 is 4.79 Å². The standard InChI is InChI=1S/C45H57NO13/c1-24-29(56-39(51)34(48)33(27-17-13-11-14-18-27)46-40(52)59-41(4,5)6)22-45(53)37(57-38(50)28-19-15-12-16-20-28)35-43(9,36(49)25(2)32(24)42(45,7)8)30(54-10)21-31-44(35,23-55-31)58-26(3)47/h11-20,25,29-31,33-35,37,48,53H,21-23H2,1-10H3,(H,46,52)/t25-,29+,30+,31-,33+,34-,35+,37?,43-,44+,45-/m1/s1. The van der Waals surface area contributed by atoms with Crippen molar-refractivity contribution in [3.8, 4) is 0 Å². The Morgan fingerprint density at radius 3 is 2.12 bits per heavy atom. The average molecular weight is 820 g/mol. The summed E-state index contributed by atoms with van der Waals surface area (Å²) in [6.07, 6.45) is -7.53. The molecule has 2 bridgehead atoms. The van der Waals surface area contributed by atoms with Crippen molar-refractivity contribution in [2.45, 2.75) is 129 Å². The number of Topliss-reactive ketones (excluding diaryl/α,β-unsaturated/α-hetero) is 1. The summed E-state index contributed by atoms with van der Waals surface area (Å²) in [4.78, 5) is 69.9. The average Bonchev–Trinajstić information content (AvgIpc) is 3.16. The van der Waals surface area contributed by atoms with E-state index in [0.717, 1.165) is 0 Å². The van der Waals surface area contributed by atoms with Gasteiger partial charge >= 0.3 is 24.0 Å². The minimum absolute atomic E-state index is 0.149. The lowest BCUT2D eigenvalue weighted by Crippen LogP contribution is -2.81. The molecule has 2 aromatic rings. The Bertz CT molecular complexity index is 1990. The molecule has 11 atom stereocenters. The lowest BCUT2D eigenvalue weighted by molar-refractivity contribution is -0.346. The number of esters is 3. The van der Waals surface area contributed by atoms with Gasteiger partial charge in [-0.1, -0.05) is 69.3 Å². The van der Waals surface area contributed by atoms with Crippen molar-refractivity contribution in [3.05, 3.63) is 82.9 Å². The van der Waals surface area contributed by atoms with Crippen molar-refractivity contribution in [2.24, 2.45) is 22.7 Å². The van der Waals surface area contributed by atoms with Crippen molar-refractivity contribution >= 4 is 29.8 Å². The number of hydrogen-bond donors (Lipinski definition) is 3. The fourth-order valence-corrected chi connectivity index (χ4v) is 10.4. The molecule has 1 aliphatic heterocycles. The number of amides is 1. The smallest absolute Gasteiger partial charge is 0.408 e. The van der Waals surface area contributed by atoms with Crippen LogP contribution < -0.4 is 5.32 Å². The zero-order valence-electron chi connectivity index (χ0n) is 35.4. The third-order valence-electron chi connectivity index (χ3n) is 13.1. The Hall–Kier alpha value is -4.63. The molecule has 0 aromatic heterocycles. The minimum Gasteiger partial charge on any atom is -0.456 e. The van der Waals surface area contributed by atoms with E-state index in [1.807, 2.05) is 0 Å². The number of carbonyl (C=O) groups excluding carboxylic acids is 5. The Morgan fingerprint density at radius 2 is 1.58 bits per heavy atom. The van der Waals surface area contributed by atoms with E-state index in [-0.39, 0.29) is 30.8 Å². The van der Waals surface area contributed by atoms with Crippen LogP contribution in [-0.2, 0) is 42.8 Å². The number of alkyl carbamates (subject to hydrolysis) is 1. The van der Waals surface area contributed by atoms with Crippen LogP contribution in [-0.4, -0.2) is 101 Å². The molecule has 14 heteroatoms. The summed E-state index contributed by atoms with van der Waals surface area (Å²) < 4.78 is 36.3. The zero-order valence-corrected chi connectivity index (χ0v) is 35.4. The number of ketones is 1. The van der Waals surface area contributed by atoms with E-state index in [0.29, 0.717) is 16.7 Å². The highest BCUT2D eigenvalue weighted by atomic mass is 16.6. The number of nitrogens with one attached hydrogen (secondary N) is 1. The van der Waals surface area contributed by atoms with Crippen LogP contribution in [0.2, 0.25) is 0 Å². The van der Waals surface area contributed by atoms with Gasteiger partial charge in [-0.3, -0.25) is 9.59 Å². The van der Waals surface area contributed by atoms with Crippen LogP contribution in [0.4, 0.5) is 4.79 Å². The molecule has 0 radical (unpaired) electrons. The van der Waals surface area contributed by atoms with E-state index in [1.54, 1.807) is 116 Å². The molecule has 3 N–H and O–H groups in total. The van der Waals surface area contributed by atoms with Crippen molar-refractivity contribution in [2.75, 3.05) is 13.7 Å². The first-order valence-corrected chi connectivity index (χ1v) is 20.0. The zero-order chi connectivity index (χ0) is 43.5. The highest BCUT2D eigenvalue weighted by Gasteiger charge is 2.78. The second kappa shape index (κ2) is 15.8. The normalized spacial score (nSPS) is 33.3. The summed E-state index contributed by atoms with van der Waals surface area (Å²) >= 11 is 0. The van der Waals surface area contributed by atoms with Gasteiger partial charge in [-0.15, -0.1) is 0 Å². The van der Waals surface area contributed by atoms with E-state index < -0.39 is 100 Å². The molecule has 14 nitrogen and oxygen atoms in total. The third-order valence-corrected chi connectivity index (χ3v) is 13.1. The van der Waals surface area contributed by atoms with Crippen LogP contribution in [0.15, 0.2) is 71.8 Å². The van der Waals surface area contributed by atoms with E-state index in [1.165, 1.54) is 14.0 Å². The summed E-state index contributed by atoms with van der Waals surface area (Å²) in [7, 11) is 1.47. The van der Waals surface area contributed by atoms with Crippen LogP contribution >= 0.6 is 0 Å². The number of fused-ring (bicyclic) bond motifs is 5. The predicted molar refractivity (Wildman–Crippen MR) is 212 cm³/mol. The van der Waals surface area contributed by atoms with Crippen LogP contribution in [0.5, 0.6) is 0 Å². The molecule has 6 rings (SSSR count). The van der Waals surface area contributed by atoms with E-state index in [4.69, 9.17) is 28.4 Å². The Labute approximate surface area is 344 Å². The Kier molecular flexibility index (Phi) is 11.7. The molecule has 3 fully saturated rings. The van der Waals surface area contributed by atoms with Crippen molar-refractivity contribution in [1.29, 1.82) is 0 Å². The SMILES string of the molecule is CO[C@H]1C[C@H]2OC[C@@]2(OC(C)=O)[C@H]2C(OC(=O)c3ccccc3)[C@]3(O)C[C@H](OC(=O)[C@H](O)[C@@H](NC(=O)OC(C)(C)C)c4ccccc4)C(C)=C([C@@H](C)C(=O)[C@]12C)C3(C)C. The number of rotatable bonds is 9. The molecule has 2 aromatic carbocycles. The first kappa shape index (κ1) is 43.9. The maximum absolute atomic E-state index is 15.4. The molecule has 2 saturated carbocycles. The maximum atomic E-state index is 15.4. The highest BCUT2D eigenvalue weighted by Crippen LogP contribution is 2.65. The van der Waals surface area contributed by atoms with Gasteiger partial charge in [-0.2, -0.15) is 0 Å². The molecule has 1 heterocycles. The summed E-state index contributed by atoms with van der Waals surface area (Å²) in [5.74, 6) is -5.10. The second-order valence-corrected chi connectivity index (χ2v) is 18.1. The van der Waals surface area contributed by atoms with Gasteiger partial charge in [0.1, 0.15) is 35.3 Å². The monoisotopic (exact) mass is 819 g/mol. The van der Waals surface area contributed by atoms with Gasteiger partial charge in [0.2, 0.25) is 0 Å². The van der Waals surface area contributed by atoms with Crippen LogP contribution in [0.3, 0.4) is 0 Å². The summed E-state index contributed by atoms with van der Waals surface area (Å²) in [5.41, 5.74) is -5.99. The lowest BCUT2D eigenvalue weighted by Gasteiger charge is -2.68. The van der Waals surface area contributed by atoms with Crippen molar-refractivity contribution in [3.63, 3.8) is 0 Å². The topological polar surface area (TPSA) is 193 Å². The molecular weight excluding hydrogens is 762 g/mol. The molecular formula is C45H57NO13. The third kappa shape index (κ3) is 7.46. The molecule has 1 saturated heterocycles. The number of methoxy groups -OCH3 is 1. The van der Waals surface area contributed by atoms with E-state index in [9.17, 15) is 29.4 Å². The predicted octanol–water partition coefficient (Wildman–Crippen LogP) is 5.19. The fraction of sp³-hybridized carbons (Fsp3) is 0.578. The van der Waals surface area contributed by atoms with Gasteiger partial charge in [-0.05, 0) is 63.5 Å². The lowest BCUT2D eigenvalue weighted by atomic mass is 9.43.